The fraction of sp³-hybridized carbons (Fsp3) is 0.400. The molecule has 0 fully saturated rings. The zero-order chi connectivity index (χ0) is 10.7. The summed E-state index contributed by atoms with van der Waals surface area (Å²) < 4.78 is 11.5. The summed E-state index contributed by atoms with van der Waals surface area (Å²) >= 11 is 3.40. The predicted molar refractivity (Wildman–Crippen MR) is 61.6 cm³/mol. The van der Waals surface area contributed by atoms with Gasteiger partial charge in [-0.15, -0.1) is 0 Å². The van der Waals surface area contributed by atoms with E-state index >= 15 is 0 Å². The van der Waals surface area contributed by atoms with Crippen LogP contribution in [0.4, 0.5) is 5.69 Å². The number of rotatable bonds is 3. The normalized spacial score (nSPS) is 9.79. The van der Waals surface area contributed by atoms with Crippen molar-refractivity contribution in [2.24, 2.45) is 0 Å². The molecule has 78 valence electrons. The van der Waals surface area contributed by atoms with Crippen molar-refractivity contribution in [2.45, 2.75) is 0 Å². The Labute approximate surface area is 92.7 Å². The standard InChI is InChI=1S/C10H14BrNO2/c1-12(2)10-8(13-3)5-7(11)6-9(10)14-4/h5-6H,1-4H3. The van der Waals surface area contributed by atoms with Crippen molar-refractivity contribution < 1.29 is 9.47 Å². The third-order valence-corrected chi connectivity index (χ3v) is 2.35. The molecular formula is C10H14BrNO2. The van der Waals surface area contributed by atoms with E-state index in [1.54, 1.807) is 14.2 Å². The first-order valence-corrected chi connectivity index (χ1v) is 4.98. The smallest absolute Gasteiger partial charge is 0.147 e. The van der Waals surface area contributed by atoms with Gasteiger partial charge in [-0.25, -0.2) is 0 Å². The third kappa shape index (κ3) is 2.12. The lowest BCUT2D eigenvalue weighted by molar-refractivity contribution is 0.395. The number of hydrogen-bond acceptors (Lipinski definition) is 3. The molecule has 0 unspecified atom stereocenters. The number of ether oxygens (including phenoxy) is 2. The van der Waals surface area contributed by atoms with Crippen molar-refractivity contribution in [3.05, 3.63) is 16.6 Å². The number of hydrogen-bond donors (Lipinski definition) is 0. The van der Waals surface area contributed by atoms with E-state index in [1.807, 2.05) is 31.1 Å². The van der Waals surface area contributed by atoms with Crippen LogP contribution in [0.15, 0.2) is 16.6 Å². The summed E-state index contributed by atoms with van der Waals surface area (Å²) in [6.07, 6.45) is 0. The minimum Gasteiger partial charge on any atom is -0.494 e. The molecule has 1 aromatic carbocycles. The van der Waals surface area contributed by atoms with Gasteiger partial charge in [-0.05, 0) is 12.1 Å². The van der Waals surface area contributed by atoms with Crippen molar-refractivity contribution in [2.75, 3.05) is 33.2 Å². The van der Waals surface area contributed by atoms with Crippen LogP contribution in [-0.2, 0) is 0 Å². The van der Waals surface area contributed by atoms with Gasteiger partial charge in [-0.2, -0.15) is 0 Å². The van der Waals surface area contributed by atoms with Gasteiger partial charge < -0.3 is 14.4 Å². The predicted octanol–water partition coefficient (Wildman–Crippen LogP) is 2.53. The SMILES string of the molecule is COc1cc(Br)cc(OC)c1N(C)C. The minimum atomic E-state index is 0.793. The number of nitrogens with zero attached hydrogens (tertiary/aromatic N) is 1. The van der Waals surface area contributed by atoms with Gasteiger partial charge in [0.15, 0.2) is 0 Å². The highest BCUT2D eigenvalue weighted by atomic mass is 79.9. The highest BCUT2D eigenvalue weighted by Gasteiger charge is 2.13. The Morgan fingerprint density at radius 1 is 1.07 bits per heavy atom. The first kappa shape index (κ1) is 11.2. The van der Waals surface area contributed by atoms with E-state index in [-0.39, 0.29) is 0 Å². The van der Waals surface area contributed by atoms with Gasteiger partial charge in [0.25, 0.3) is 0 Å². The molecule has 0 heterocycles. The van der Waals surface area contributed by atoms with E-state index in [1.165, 1.54) is 0 Å². The Bertz CT molecular complexity index is 301. The number of anilines is 1. The second kappa shape index (κ2) is 4.55. The zero-order valence-electron chi connectivity index (χ0n) is 8.80. The largest absolute Gasteiger partial charge is 0.494 e. The van der Waals surface area contributed by atoms with Crippen LogP contribution in [0, 0.1) is 0 Å². The molecule has 14 heavy (non-hydrogen) atoms. The molecule has 0 aliphatic heterocycles. The highest BCUT2D eigenvalue weighted by Crippen LogP contribution is 2.39. The van der Waals surface area contributed by atoms with Crippen molar-refractivity contribution in [3.8, 4) is 11.5 Å². The van der Waals surface area contributed by atoms with Gasteiger partial charge in [-0.3, -0.25) is 0 Å². The Kier molecular flexibility index (Phi) is 3.63. The quantitative estimate of drug-likeness (QED) is 0.833. The molecule has 0 saturated heterocycles. The van der Waals surface area contributed by atoms with Crippen molar-refractivity contribution in [3.63, 3.8) is 0 Å². The van der Waals surface area contributed by atoms with Gasteiger partial charge in [0.1, 0.15) is 17.2 Å². The molecule has 0 aliphatic rings. The molecule has 1 rings (SSSR count). The Hall–Kier alpha value is -0.900. The van der Waals surface area contributed by atoms with Crippen LogP contribution in [-0.4, -0.2) is 28.3 Å². The van der Waals surface area contributed by atoms with Gasteiger partial charge in [0.2, 0.25) is 0 Å². The Morgan fingerprint density at radius 3 is 1.79 bits per heavy atom. The molecule has 4 heteroatoms. The monoisotopic (exact) mass is 259 g/mol. The summed E-state index contributed by atoms with van der Waals surface area (Å²) in [6.45, 7) is 0. The Balaban J connectivity index is 3.33. The van der Waals surface area contributed by atoms with E-state index in [2.05, 4.69) is 15.9 Å². The molecule has 0 aromatic heterocycles. The van der Waals surface area contributed by atoms with Crippen molar-refractivity contribution in [1.29, 1.82) is 0 Å². The number of benzene rings is 1. The van der Waals surface area contributed by atoms with Crippen LogP contribution < -0.4 is 14.4 Å². The molecule has 0 aliphatic carbocycles. The van der Waals surface area contributed by atoms with Crippen molar-refractivity contribution >= 4 is 21.6 Å². The highest BCUT2D eigenvalue weighted by molar-refractivity contribution is 9.10. The van der Waals surface area contributed by atoms with E-state index in [9.17, 15) is 0 Å². The maximum absolute atomic E-state index is 5.28. The first-order chi connectivity index (χ1) is 6.60. The van der Waals surface area contributed by atoms with Gasteiger partial charge in [-0.1, -0.05) is 15.9 Å². The summed E-state index contributed by atoms with van der Waals surface area (Å²) in [5.41, 5.74) is 0.943. The molecule has 3 nitrogen and oxygen atoms in total. The molecule has 0 N–H and O–H groups in total. The van der Waals surface area contributed by atoms with Gasteiger partial charge in [0.05, 0.1) is 14.2 Å². The average molecular weight is 260 g/mol. The van der Waals surface area contributed by atoms with Crippen LogP contribution in [0.25, 0.3) is 0 Å². The van der Waals surface area contributed by atoms with Crippen LogP contribution in [0.1, 0.15) is 0 Å². The number of methoxy groups -OCH3 is 2. The zero-order valence-corrected chi connectivity index (χ0v) is 10.4. The third-order valence-electron chi connectivity index (χ3n) is 1.89. The molecule has 0 saturated carbocycles. The second-order valence-electron chi connectivity index (χ2n) is 3.05. The van der Waals surface area contributed by atoms with E-state index in [4.69, 9.17) is 9.47 Å². The van der Waals surface area contributed by atoms with Gasteiger partial charge in [0, 0.05) is 18.6 Å². The summed E-state index contributed by atoms with van der Waals surface area (Å²) in [4.78, 5) is 1.96. The molecule has 0 spiro atoms. The van der Waals surface area contributed by atoms with Crippen molar-refractivity contribution in [1.82, 2.24) is 0 Å². The second-order valence-corrected chi connectivity index (χ2v) is 3.97. The molecule has 1 aromatic rings. The minimum absolute atomic E-state index is 0.793. The number of halogens is 1. The van der Waals surface area contributed by atoms with E-state index < -0.39 is 0 Å². The Morgan fingerprint density at radius 2 is 1.50 bits per heavy atom. The first-order valence-electron chi connectivity index (χ1n) is 4.19. The fourth-order valence-corrected chi connectivity index (χ4v) is 1.72. The van der Waals surface area contributed by atoms with Crippen LogP contribution >= 0.6 is 15.9 Å². The summed E-state index contributed by atoms with van der Waals surface area (Å²) in [5.74, 6) is 1.59. The van der Waals surface area contributed by atoms with E-state index in [0.717, 1.165) is 21.7 Å². The molecule has 0 amide bonds. The molecule has 0 bridgehead atoms. The topological polar surface area (TPSA) is 21.7 Å². The molecular weight excluding hydrogens is 246 g/mol. The average Bonchev–Trinajstić information content (AvgIpc) is 2.15. The maximum atomic E-state index is 5.28. The lowest BCUT2D eigenvalue weighted by Crippen LogP contribution is -2.11. The van der Waals surface area contributed by atoms with Crippen LogP contribution in [0.3, 0.4) is 0 Å². The summed E-state index contributed by atoms with van der Waals surface area (Å²) in [7, 11) is 7.20. The van der Waals surface area contributed by atoms with Crippen LogP contribution in [0.2, 0.25) is 0 Å². The summed E-state index contributed by atoms with van der Waals surface area (Å²) in [5, 5.41) is 0. The van der Waals surface area contributed by atoms with Crippen LogP contribution in [0.5, 0.6) is 11.5 Å². The molecule has 0 radical (unpaired) electrons. The lowest BCUT2D eigenvalue weighted by Gasteiger charge is -2.20. The lowest BCUT2D eigenvalue weighted by atomic mass is 10.2. The molecule has 0 atom stereocenters. The summed E-state index contributed by atoms with van der Waals surface area (Å²) in [6, 6.07) is 3.83. The maximum Gasteiger partial charge on any atom is 0.147 e. The fourth-order valence-electron chi connectivity index (χ4n) is 1.30. The van der Waals surface area contributed by atoms with Gasteiger partial charge >= 0.3 is 0 Å². The van der Waals surface area contributed by atoms with E-state index in [0.29, 0.717) is 0 Å².